The van der Waals surface area contributed by atoms with Crippen LogP contribution in [0.25, 0.3) is 0 Å². The van der Waals surface area contributed by atoms with Gasteiger partial charge in [-0.25, -0.2) is 0 Å². The van der Waals surface area contributed by atoms with Gasteiger partial charge >= 0.3 is 0 Å². The van der Waals surface area contributed by atoms with Gasteiger partial charge in [-0.05, 0) is 38.8 Å². The van der Waals surface area contributed by atoms with E-state index in [2.05, 4.69) is 18.3 Å². The molecule has 1 aromatic heterocycles. The summed E-state index contributed by atoms with van der Waals surface area (Å²) in [5.74, 6) is 2.05. The summed E-state index contributed by atoms with van der Waals surface area (Å²) in [7, 11) is 0. The second-order valence-electron chi connectivity index (χ2n) is 5.32. The number of nitriles is 1. The lowest BCUT2D eigenvalue weighted by molar-refractivity contribution is 0.328. The van der Waals surface area contributed by atoms with Gasteiger partial charge in [0, 0.05) is 6.04 Å². The second kappa shape index (κ2) is 6.06. The lowest BCUT2D eigenvalue weighted by Gasteiger charge is -2.24. The zero-order chi connectivity index (χ0) is 13.0. The van der Waals surface area contributed by atoms with Crippen LogP contribution in [-0.2, 0) is 0 Å². The van der Waals surface area contributed by atoms with Gasteiger partial charge in [-0.3, -0.25) is 0 Å². The lowest BCUT2D eigenvalue weighted by Crippen LogP contribution is -2.36. The summed E-state index contributed by atoms with van der Waals surface area (Å²) >= 11 is 0. The molecule has 98 valence electrons. The van der Waals surface area contributed by atoms with Gasteiger partial charge in [-0.15, -0.1) is 0 Å². The maximum atomic E-state index is 9.26. The molecule has 0 spiro atoms. The molecular weight excluding hydrogens is 224 g/mol. The number of hydrogen-bond donors (Lipinski definition) is 1. The van der Waals surface area contributed by atoms with Gasteiger partial charge in [-0.1, -0.05) is 19.3 Å². The molecule has 1 aliphatic rings. The standard InChI is InChI=1S/C15H22N2O/c1-11-8-9-15(18-11)12(2)17-14-7-5-3-4-6-13(14)10-16/h8-9,12-14,17H,3-7H2,1-2H3. The molecule has 3 unspecified atom stereocenters. The highest BCUT2D eigenvalue weighted by atomic mass is 16.3. The van der Waals surface area contributed by atoms with E-state index in [-0.39, 0.29) is 12.0 Å². The van der Waals surface area contributed by atoms with Crippen LogP contribution in [0.1, 0.15) is 56.6 Å². The van der Waals surface area contributed by atoms with Crippen LogP contribution in [0.3, 0.4) is 0 Å². The van der Waals surface area contributed by atoms with E-state index in [1.165, 1.54) is 19.3 Å². The highest BCUT2D eigenvalue weighted by molar-refractivity contribution is 5.09. The van der Waals surface area contributed by atoms with Crippen molar-refractivity contribution in [3.05, 3.63) is 23.7 Å². The Bertz CT molecular complexity index is 418. The van der Waals surface area contributed by atoms with Crippen LogP contribution in [0, 0.1) is 24.2 Å². The number of aryl methyl sites for hydroxylation is 1. The van der Waals surface area contributed by atoms with Gasteiger partial charge in [0.15, 0.2) is 0 Å². The minimum Gasteiger partial charge on any atom is -0.465 e. The van der Waals surface area contributed by atoms with Gasteiger partial charge in [-0.2, -0.15) is 5.26 Å². The highest BCUT2D eigenvalue weighted by Crippen LogP contribution is 2.26. The number of rotatable bonds is 3. The van der Waals surface area contributed by atoms with Crippen molar-refractivity contribution in [2.24, 2.45) is 5.92 Å². The molecule has 3 nitrogen and oxygen atoms in total. The van der Waals surface area contributed by atoms with Gasteiger partial charge < -0.3 is 9.73 Å². The van der Waals surface area contributed by atoms with Gasteiger partial charge in [0.05, 0.1) is 18.0 Å². The molecule has 1 saturated carbocycles. The monoisotopic (exact) mass is 246 g/mol. The Kier molecular flexibility index (Phi) is 4.43. The number of nitrogens with one attached hydrogen (secondary N) is 1. The first-order valence-corrected chi connectivity index (χ1v) is 6.92. The summed E-state index contributed by atoms with van der Waals surface area (Å²) < 4.78 is 5.64. The van der Waals surface area contributed by atoms with Crippen molar-refractivity contribution in [2.75, 3.05) is 0 Å². The molecule has 1 fully saturated rings. The first-order valence-electron chi connectivity index (χ1n) is 6.92. The van der Waals surface area contributed by atoms with Crippen LogP contribution in [0.15, 0.2) is 16.5 Å². The molecule has 18 heavy (non-hydrogen) atoms. The third kappa shape index (κ3) is 3.14. The Hall–Kier alpha value is -1.27. The molecule has 0 amide bonds. The minimum absolute atomic E-state index is 0.144. The molecule has 0 aliphatic heterocycles. The van der Waals surface area contributed by atoms with Crippen LogP contribution >= 0.6 is 0 Å². The summed E-state index contributed by atoms with van der Waals surface area (Å²) in [6, 6.07) is 6.95. The first-order chi connectivity index (χ1) is 8.70. The number of nitrogens with zero attached hydrogens (tertiary/aromatic N) is 1. The van der Waals surface area contributed by atoms with Crippen molar-refractivity contribution in [1.82, 2.24) is 5.32 Å². The van der Waals surface area contributed by atoms with Crippen LogP contribution in [0.2, 0.25) is 0 Å². The largest absolute Gasteiger partial charge is 0.465 e. The SMILES string of the molecule is Cc1ccc(C(C)NC2CCCCCC2C#N)o1. The zero-order valence-corrected chi connectivity index (χ0v) is 11.3. The summed E-state index contributed by atoms with van der Waals surface area (Å²) in [6.45, 7) is 4.07. The fourth-order valence-corrected chi connectivity index (χ4v) is 2.75. The Morgan fingerprint density at radius 3 is 2.78 bits per heavy atom. The molecule has 3 atom stereocenters. The van der Waals surface area contributed by atoms with Crippen molar-refractivity contribution in [3.63, 3.8) is 0 Å². The van der Waals surface area contributed by atoms with Crippen molar-refractivity contribution >= 4 is 0 Å². The Morgan fingerprint density at radius 2 is 2.11 bits per heavy atom. The van der Waals surface area contributed by atoms with Crippen LogP contribution in [0.5, 0.6) is 0 Å². The van der Waals surface area contributed by atoms with Gasteiger partial charge in [0.2, 0.25) is 0 Å². The normalized spacial score (nSPS) is 26.3. The summed E-state index contributed by atoms with van der Waals surface area (Å²) in [4.78, 5) is 0. The first kappa shape index (κ1) is 13.2. The molecule has 0 radical (unpaired) electrons. The molecule has 0 bridgehead atoms. The quantitative estimate of drug-likeness (QED) is 0.827. The Morgan fingerprint density at radius 1 is 1.33 bits per heavy atom. The van der Waals surface area contributed by atoms with Crippen molar-refractivity contribution < 1.29 is 4.42 Å². The topological polar surface area (TPSA) is 49.0 Å². The molecule has 1 N–H and O–H groups in total. The molecule has 3 heteroatoms. The molecular formula is C15H22N2O. The molecule has 2 rings (SSSR count). The smallest absolute Gasteiger partial charge is 0.120 e. The van der Waals surface area contributed by atoms with E-state index in [4.69, 9.17) is 4.42 Å². The molecule has 0 aromatic carbocycles. The van der Waals surface area contributed by atoms with E-state index < -0.39 is 0 Å². The molecule has 1 heterocycles. The van der Waals surface area contributed by atoms with Crippen LogP contribution < -0.4 is 5.32 Å². The van der Waals surface area contributed by atoms with E-state index >= 15 is 0 Å². The molecule has 1 aromatic rings. The maximum absolute atomic E-state index is 9.26. The Balaban J connectivity index is 2.00. The average Bonchev–Trinajstić information content (AvgIpc) is 2.67. The third-order valence-electron chi connectivity index (χ3n) is 3.83. The maximum Gasteiger partial charge on any atom is 0.120 e. The summed E-state index contributed by atoms with van der Waals surface area (Å²) in [5, 5.41) is 12.8. The minimum atomic E-state index is 0.144. The van der Waals surface area contributed by atoms with E-state index in [9.17, 15) is 5.26 Å². The predicted molar refractivity (Wildman–Crippen MR) is 71.0 cm³/mol. The van der Waals surface area contributed by atoms with Crippen molar-refractivity contribution in [3.8, 4) is 6.07 Å². The Labute approximate surface area is 109 Å². The molecule has 1 aliphatic carbocycles. The average molecular weight is 246 g/mol. The molecule has 0 saturated heterocycles. The summed E-state index contributed by atoms with van der Waals surface area (Å²) in [6.07, 6.45) is 5.79. The third-order valence-corrected chi connectivity index (χ3v) is 3.83. The van der Waals surface area contributed by atoms with E-state index in [0.29, 0.717) is 6.04 Å². The van der Waals surface area contributed by atoms with Crippen LogP contribution in [-0.4, -0.2) is 6.04 Å². The fourth-order valence-electron chi connectivity index (χ4n) is 2.75. The van der Waals surface area contributed by atoms with Crippen molar-refractivity contribution in [1.29, 1.82) is 5.26 Å². The van der Waals surface area contributed by atoms with E-state index in [0.717, 1.165) is 24.4 Å². The fraction of sp³-hybridized carbons (Fsp3) is 0.667. The van der Waals surface area contributed by atoms with E-state index in [1.807, 2.05) is 19.1 Å². The predicted octanol–water partition coefficient (Wildman–Crippen LogP) is 3.71. The summed E-state index contributed by atoms with van der Waals surface area (Å²) in [5.41, 5.74) is 0. The van der Waals surface area contributed by atoms with Gasteiger partial charge in [0.1, 0.15) is 11.5 Å². The van der Waals surface area contributed by atoms with Crippen LogP contribution in [0.4, 0.5) is 0 Å². The zero-order valence-electron chi connectivity index (χ0n) is 11.3. The van der Waals surface area contributed by atoms with Gasteiger partial charge in [0.25, 0.3) is 0 Å². The number of furan rings is 1. The van der Waals surface area contributed by atoms with Crippen molar-refractivity contribution in [2.45, 2.75) is 58.0 Å². The highest BCUT2D eigenvalue weighted by Gasteiger charge is 2.25. The lowest BCUT2D eigenvalue weighted by atomic mass is 9.95. The van der Waals surface area contributed by atoms with E-state index in [1.54, 1.807) is 0 Å². The number of hydrogen-bond acceptors (Lipinski definition) is 3. The second-order valence-corrected chi connectivity index (χ2v) is 5.32.